The summed E-state index contributed by atoms with van der Waals surface area (Å²) in [4.78, 5) is 27.2. The second-order valence-corrected chi connectivity index (χ2v) is 12.7. The van der Waals surface area contributed by atoms with Crippen LogP contribution in [-0.4, -0.2) is 61.3 Å². The maximum atomic E-state index is 12.7. The van der Waals surface area contributed by atoms with E-state index < -0.39 is 6.10 Å². The number of benzene rings is 2. The predicted octanol–water partition coefficient (Wildman–Crippen LogP) is 5.51. The van der Waals surface area contributed by atoms with Crippen molar-refractivity contribution in [2.45, 2.75) is 58.1 Å². The van der Waals surface area contributed by atoms with Crippen LogP contribution in [0, 0.1) is 5.92 Å². The van der Waals surface area contributed by atoms with Gasteiger partial charge < -0.3 is 26.4 Å². The maximum Gasteiger partial charge on any atom is 0.251 e. The summed E-state index contributed by atoms with van der Waals surface area (Å²) in [5.41, 5.74) is 6.35. The molecule has 0 saturated carbocycles. The third-order valence-corrected chi connectivity index (χ3v) is 9.19. The average Bonchev–Trinajstić information content (AvgIpc) is 3.78. The van der Waals surface area contributed by atoms with Crippen molar-refractivity contribution in [3.8, 4) is 11.3 Å². The van der Waals surface area contributed by atoms with Crippen LogP contribution in [0.15, 0.2) is 72.6 Å². The standard InChI is InChI=1S/C36H41N9O2/c1-22(2)30-20-41-45-33(30)43-35(39-19-26-13-15-37-21-31(26)46)44-36(45)40-18-25-9-5-6-10-28(25)32-29-12-11-27(17-24(29)14-16-38-32)42-34(47)23-7-3-4-8-23/h5-7,9-12,14,16-17,20,22,26,31,37,46H,3-4,8,13,15,18-19,21H2,1-2H3,(H,42,47)(H2,39,40,43,44)/t26-,31+/m1/s1. The summed E-state index contributed by atoms with van der Waals surface area (Å²) < 4.78 is 1.76. The number of hydrogen-bond acceptors (Lipinski definition) is 9. The highest BCUT2D eigenvalue weighted by atomic mass is 16.3. The van der Waals surface area contributed by atoms with Gasteiger partial charge in [0, 0.05) is 59.5 Å². The number of anilines is 3. The van der Waals surface area contributed by atoms with Crippen molar-refractivity contribution >= 4 is 39.9 Å². The van der Waals surface area contributed by atoms with Crippen LogP contribution in [0.4, 0.5) is 17.6 Å². The molecule has 4 heterocycles. The summed E-state index contributed by atoms with van der Waals surface area (Å²) in [6.45, 7) is 6.80. The van der Waals surface area contributed by atoms with Crippen molar-refractivity contribution in [1.29, 1.82) is 0 Å². The Balaban J connectivity index is 1.15. The van der Waals surface area contributed by atoms with Crippen molar-refractivity contribution < 1.29 is 9.90 Å². The normalized spacial score (nSPS) is 18.1. The Kier molecular flexibility index (Phi) is 8.82. The fraction of sp³-hybridized carbons (Fsp3) is 0.361. The number of nitrogens with one attached hydrogen (secondary N) is 4. The number of nitrogens with zero attached hydrogens (tertiary/aromatic N) is 5. The van der Waals surface area contributed by atoms with E-state index in [0.717, 1.165) is 82.3 Å². The molecule has 1 saturated heterocycles. The molecule has 0 bridgehead atoms. The molecule has 242 valence electrons. The molecule has 0 spiro atoms. The van der Waals surface area contributed by atoms with Crippen LogP contribution in [0.25, 0.3) is 27.7 Å². The zero-order valence-corrected chi connectivity index (χ0v) is 26.8. The van der Waals surface area contributed by atoms with Crippen molar-refractivity contribution in [3.63, 3.8) is 0 Å². The Morgan fingerprint density at radius 2 is 2.02 bits per heavy atom. The zero-order chi connectivity index (χ0) is 32.3. The summed E-state index contributed by atoms with van der Waals surface area (Å²) in [7, 11) is 0. The topological polar surface area (TPSA) is 141 Å². The number of aromatic nitrogens is 5. The summed E-state index contributed by atoms with van der Waals surface area (Å²) in [5, 5.41) is 30.3. The van der Waals surface area contributed by atoms with Gasteiger partial charge in [-0.25, -0.2) is 0 Å². The van der Waals surface area contributed by atoms with Gasteiger partial charge in [-0.2, -0.15) is 19.6 Å². The second-order valence-electron chi connectivity index (χ2n) is 12.7. The van der Waals surface area contributed by atoms with Crippen molar-refractivity contribution in [3.05, 3.63) is 83.7 Å². The average molecular weight is 632 g/mol. The number of hydrogen-bond donors (Lipinski definition) is 5. The van der Waals surface area contributed by atoms with Crippen LogP contribution in [-0.2, 0) is 11.3 Å². The van der Waals surface area contributed by atoms with E-state index in [-0.39, 0.29) is 17.7 Å². The predicted molar refractivity (Wildman–Crippen MR) is 185 cm³/mol. The van der Waals surface area contributed by atoms with Crippen molar-refractivity contribution in [2.24, 2.45) is 5.92 Å². The molecule has 5 N–H and O–H groups in total. The van der Waals surface area contributed by atoms with Crippen LogP contribution < -0.4 is 21.3 Å². The molecule has 47 heavy (non-hydrogen) atoms. The summed E-state index contributed by atoms with van der Waals surface area (Å²) in [5.74, 6) is 1.42. The molecule has 11 heteroatoms. The van der Waals surface area contributed by atoms with Gasteiger partial charge in [0.05, 0.1) is 18.0 Å². The lowest BCUT2D eigenvalue weighted by Crippen LogP contribution is -2.43. The summed E-state index contributed by atoms with van der Waals surface area (Å²) in [6, 6.07) is 16.2. The molecule has 11 nitrogen and oxygen atoms in total. The SMILES string of the molecule is CC(C)c1cnn2c(NCc3ccccc3-c3nccc4cc(NC(=O)C5=CCCC5)ccc34)nc(NC[C@H]3CCNC[C@@H]3O)nc12. The third kappa shape index (κ3) is 6.54. The largest absolute Gasteiger partial charge is 0.391 e. The number of carbonyl (C=O) groups excluding carboxylic acids is 1. The summed E-state index contributed by atoms with van der Waals surface area (Å²) in [6.07, 6.45) is 9.02. The molecule has 1 fully saturated rings. The highest BCUT2D eigenvalue weighted by Gasteiger charge is 2.23. The van der Waals surface area contributed by atoms with Gasteiger partial charge in [-0.05, 0) is 67.3 Å². The van der Waals surface area contributed by atoms with E-state index in [1.54, 1.807) is 4.52 Å². The van der Waals surface area contributed by atoms with Crippen molar-refractivity contribution in [2.75, 3.05) is 35.6 Å². The maximum absolute atomic E-state index is 12.7. The van der Waals surface area contributed by atoms with Gasteiger partial charge in [-0.1, -0.05) is 50.3 Å². The lowest BCUT2D eigenvalue weighted by Gasteiger charge is -2.28. The third-order valence-electron chi connectivity index (χ3n) is 9.19. The number of rotatable bonds is 10. The molecular weight excluding hydrogens is 590 g/mol. The Morgan fingerprint density at radius 1 is 1.13 bits per heavy atom. The molecule has 2 atom stereocenters. The van der Waals surface area contributed by atoms with Gasteiger partial charge in [0.15, 0.2) is 5.65 Å². The number of aliphatic hydroxyl groups is 1. The van der Waals surface area contributed by atoms with Crippen LogP contribution >= 0.6 is 0 Å². The fourth-order valence-electron chi connectivity index (χ4n) is 6.49. The molecule has 1 aliphatic heterocycles. The molecule has 5 aromatic rings. The molecule has 0 radical (unpaired) electrons. The molecule has 3 aromatic heterocycles. The van der Waals surface area contributed by atoms with Crippen LogP contribution in [0.5, 0.6) is 0 Å². The van der Waals surface area contributed by atoms with E-state index in [2.05, 4.69) is 52.3 Å². The van der Waals surface area contributed by atoms with E-state index in [0.29, 0.717) is 31.5 Å². The molecular formula is C36H41N9O2. The Hall–Kier alpha value is -4.87. The Labute approximate surface area is 273 Å². The lowest BCUT2D eigenvalue weighted by atomic mass is 9.95. The smallest absolute Gasteiger partial charge is 0.251 e. The number of aliphatic hydroxyl groups excluding tert-OH is 1. The summed E-state index contributed by atoms with van der Waals surface area (Å²) >= 11 is 0. The highest BCUT2D eigenvalue weighted by molar-refractivity contribution is 6.05. The quantitative estimate of drug-likeness (QED) is 0.135. The van der Waals surface area contributed by atoms with Gasteiger partial charge in [-0.3, -0.25) is 9.78 Å². The molecule has 1 amide bonds. The minimum atomic E-state index is -0.405. The van der Waals surface area contributed by atoms with Gasteiger partial charge in [0.25, 0.3) is 5.91 Å². The molecule has 2 aromatic carbocycles. The van der Waals surface area contributed by atoms with Gasteiger partial charge >= 0.3 is 0 Å². The van der Waals surface area contributed by atoms with Crippen LogP contribution in [0.3, 0.4) is 0 Å². The Morgan fingerprint density at radius 3 is 2.85 bits per heavy atom. The minimum Gasteiger partial charge on any atom is -0.391 e. The fourth-order valence-corrected chi connectivity index (χ4v) is 6.49. The van der Waals surface area contributed by atoms with E-state index in [1.165, 1.54) is 0 Å². The molecule has 1 aliphatic carbocycles. The number of pyridine rings is 1. The monoisotopic (exact) mass is 631 g/mol. The first-order valence-corrected chi connectivity index (χ1v) is 16.5. The second kappa shape index (κ2) is 13.5. The first-order valence-electron chi connectivity index (χ1n) is 16.5. The molecule has 7 rings (SSSR count). The Bertz CT molecular complexity index is 1950. The minimum absolute atomic E-state index is 0.0219. The van der Waals surface area contributed by atoms with E-state index in [9.17, 15) is 9.90 Å². The highest BCUT2D eigenvalue weighted by Crippen LogP contribution is 2.32. The number of piperidine rings is 1. The number of amides is 1. The first kappa shape index (κ1) is 30.8. The number of carbonyl (C=O) groups is 1. The molecule has 0 unspecified atom stereocenters. The molecule has 2 aliphatic rings. The lowest BCUT2D eigenvalue weighted by molar-refractivity contribution is -0.112. The number of β-amino-alcohol motifs (C(OH)–C–C–N with tert-alkyl or cyclic N) is 1. The van der Waals surface area contributed by atoms with E-state index in [4.69, 9.17) is 15.0 Å². The van der Waals surface area contributed by atoms with Crippen LogP contribution in [0.2, 0.25) is 0 Å². The number of allylic oxidation sites excluding steroid dienone is 1. The number of fused-ring (bicyclic) bond motifs is 2. The van der Waals surface area contributed by atoms with Crippen LogP contribution in [0.1, 0.15) is 56.6 Å². The van der Waals surface area contributed by atoms with Gasteiger partial charge in [0.2, 0.25) is 11.9 Å². The zero-order valence-electron chi connectivity index (χ0n) is 26.8. The van der Waals surface area contributed by atoms with E-state index >= 15 is 0 Å². The van der Waals surface area contributed by atoms with Gasteiger partial charge in [-0.15, -0.1) is 0 Å². The van der Waals surface area contributed by atoms with E-state index in [1.807, 2.05) is 54.9 Å². The first-order chi connectivity index (χ1) is 22.9. The van der Waals surface area contributed by atoms with Gasteiger partial charge in [0.1, 0.15) is 0 Å². The van der Waals surface area contributed by atoms with Crippen molar-refractivity contribution in [1.82, 2.24) is 29.9 Å².